The molecule has 6 heteroatoms. The topological polar surface area (TPSA) is 69.3 Å². The van der Waals surface area contributed by atoms with Crippen molar-refractivity contribution in [3.63, 3.8) is 0 Å². The average molecular weight is 334 g/mol. The molecular weight excluding hydrogens is 312 g/mol. The Bertz CT molecular complexity index is 673. The van der Waals surface area contributed by atoms with E-state index in [1.54, 1.807) is 23.9 Å². The Morgan fingerprint density at radius 2 is 2.00 bits per heavy atom. The van der Waals surface area contributed by atoms with Gasteiger partial charge in [0.25, 0.3) is 0 Å². The molecule has 1 aromatic carbocycles. The minimum atomic E-state index is -0.910. The summed E-state index contributed by atoms with van der Waals surface area (Å²) < 4.78 is 0. The molecule has 1 aromatic rings. The lowest BCUT2D eigenvalue weighted by molar-refractivity contribution is -0.991. The number of hydrogen-bond donors (Lipinski definition) is 2. The maximum absolute atomic E-state index is 11.0. The van der Waals surface area contributed by atoms with Crippen LogP contribution in [-0.2, 0) is 4.84 Å². The minimum Gasteiger partial charge on any atom is -0.595 e. The molecule has 1 aliphatic heterocycles. The lowest BCUT2D eigenvalue weighted by atomic mass is 9.69. The monoisotopic (exact) mass is 334 g/mol. The van der Waals surface area contributed by atoms with Gasteiger partial charge in [-0.15, -0.1) is 0 Å². The van der Waals surface area contributed by atoms with Gasteiger partial charge in [0.15, 0.2) is 10.6 Å². The molecule has 1 spiro atoms. The van der Waals surface area contributed by atoms with Gasteiger partial charge in [-0.05, 0) is 36.3 Å². The third-order valence-electron chi connectivity index (χ3n) is 6.71. The quantitative estimate of drug-likeness (QED) is 0.816. The van der Waals surface area contributed by atoms with Crippen molar-refractivity contribution < 1.29 is 15.3 Å². The van der Waals surface area contributed by atoms with Crippen molar-refractivity contribution in [1.82, 2.24) is 0 Å². The Morgan fingerprint density at radius 3 is 2.52 bits per heavy atom. The van der Waals surface area contributed by atoms with Crippen LogP contribution in [0.4, 0.5) is 5.69 Å². The maximum atomic E-state index is 11.0. The van der Waals surface area contributed by atoms with E-state index in [1.165, 1.54) is 12.8 Å². The fourth-order valence-electron chi connectivity index (χ4n) is 4.65. The number of hydrogen-bond acceptors (Lipinski definition) is 5. The van der Waals surface area contributed by atoms with Crippen LogP contribution in [0.5, 0.6) is 0 Å². The number of rotatable bonds is 2. The van der Waals surface area contributed by atoms with E-state index in [0.29, 0.717) is 11.6 Å². The van der Waals surface area contributed by atoms with Gasteiger partial charge in [0.1, 0.15) is 5.04 Å². The van der Waals surface area contributed by atoms with Gasteiger partial charge in [0.05, 0.1) is 0 Å². The lowest BCUT2D eigenvalue weighted by Crippen LogP contribution is -2.99. The maximum Gasteiger partial charge on any atom is 0.194 e. The van der Waals surface area contributed by atoms with E-state index < -0.39 is 5.23 Å². The van der Waals surface area contributed by atoms with E-state index >= 15 is 0 Å². The summed E-state index contributed by atoms with van der Waals surface area (Å²) in [6.07, 6.45) is 3.50. The van der Waals surface area contributed by atoms with Gasteiger partial charge in [-0.25, -0.2) is 5.21 Å². The summed E-state index contributed by atoms with van der Waals surface area (Å²) in [5.41, 5.74) is 1.60. The molecule has 23 heavy (non-hydrogen) atoms. The number of fused-ring (bicyclic) bond motifs is 3. The van der Waals surface area contributed by atoms with Crippen molar-refractivity contribution in [3.05, 3.63) is 35.0 Å². The van der Waals surface area contributed by atoms with E-state index in [9.17, 15) is 5.21 Å². The van der Waals surface area contributed by atoms with Crippen molar-refractivity contribution >= 4 is 22.5 Å². The van der Waals surface area contributed by atoms with Crippen molar-refractivity contribution in [2.75, 3.05) is 0 Å². The van der Waals surface area contributed by atoms with Crippen molar-refractivity contribution in [1.29, 1.82) is 0 Å². The molecule has 5 nitrogen and oxygen atoms in total. The molecule has 0 saturated heterocycles. The molecular formula is C17H22N2O3S. The molecule has 1 unspecified atom stereocenters. The van der Waals surface area contributed by atoms with Gasteiger partial charge < -0.3 is 10.0 Å². The summed E-state index contributed by atoms with van der Waals surface area (Å²) in [5.74, 6) is 0.684. The first-order chi connectivity index (χ1) is 10.8. The molecule has 3 aliphatic rings. The van der Waals surface area contributed by atoms with E-state index in [4.69, 9.17) is 10.0 Å². The van der Waals surface area contributed by atoms with Gasteiger partial charge in [0, 0.05) is 29.5 Å². The van der Waals surface area contributed by atoms with Crippen LogP contribution in [0.2, 0.25) is 0 Å². The van der Waals surface area contributed by atoms with Gasteiger partial charge in [-0.3, -0.25) is 0 Å². The van der Waals surface area contributed by atoms with Crippen LogP contribution < -0.4 is 5.23 Å². The first-order valence-electron chi connectivity index (χ1n) is 8.08. The van der Waals surface area contributed by atoms with Crippen LogP contribution in [0.25, 0.3) is 0 Å². The fourth-order valence-corrected chi connectivity index (χ4v) is 6.24. The van der Waals surface area contributed by atoms with E-state index in [1.807, 2.05) is 12.1 Å². The molecule has 2 fully saturated rings. The molecule has 0 aromatic heterocycles. The molecule has 2 aliphatic carbocycles. The molecule has 1 heterocycles. The van der Waals surface area contributed by atoms with Crippen LogP contribution in [0, 0.1) is 22.0 Å². The lowest BCUT2D eigenvalue weighted by Gasteiger charge is -2.43. The molecule has 2 bridgehead atoms. The molecule has 124 valence electrons. The molecule has 4 rings (SSSR count). The predicted molar refractivity (Wildman–Crippen MR) is 89.4 cm³/mol. The van der Waals surface area contributed by atoms with Crippen molar-refractivity contribution in [3.8, 4) is 0 Å². The van der Waals surface area contributed by atoms with Crippen molar-refractivity contribution in [2.24, 2.45) is 21.9 Å². The smallest absolute Gasteiger partial charge is 0.194 e. The highest BCUT2D eigenvalue weighted by molar-refractivity contribution is 8.15. The van der Waals surface area contributed by atoms with Crippen LogP contribution in [0.1, 0.15) is 45.6 Å². The number of thioether (sulfide) groups is 1. The first-order valence-corrected chi connectivity index (χ1v) is 8.90. The summed E-state index contributed by atoms with van der Waals surface area (Å²) in [7, 11) is 0. The SMILES string of the molecule is CC1(C)[C@@H]2CC[C@@]1(C)[C@]1(C2)ON=C(c2ccc([NH+]([O-])O)cc2)S1. The Balaban J connectivity index is 1.60. The molecule has 2 saturated carbocycles. The van der Waals surface area contributed by atoms with Gasteiger partial charge in [-0.1, -0.05) is 37.7 Å². The highest BCUT2D eigenvalue weighted by Gasteiger charge is 2.72. The highest BCUT2D eigenvalue weighted by Crippen LogP contribution is 2.74. The summed E-state index contributed by atoms with van der Waals surface area (Å²) in [6.45, 7) is 7.07. The van der Waals surface area contributed by atoms with Gasteiger partial charge in [-0.2, -0.15) is 5.23 Å². The van der Waals surface area contributed by atoms with E-state index in [2.05, 4.69) is 25.9 Å². The third kappa shape index (κ3) is 1.89. The van der Waals surface area contributed by atoms with E-state index in [0.717, 1.165) is 17.0 Å². The average Bonchev–Trinajstić information content (AvgIpc) is 3.08. The van der Waals surface area contributed by atoms with Gasteiger partial charge >= 0.3 is 0 Å². The van der Waals surface area contributed by atoms with Gasteiger partial charge in [0.2, 0.25) is 0 Å². The third-order valence-corrected chi connectivity index (χ3v) is 8.23. The summed E-state index contributed by atoms with van der Waals surface area (Å²) in [4.78, 5) is 5.79. The number of benzene rings is 1. The number of oxime groups is 1. The van der Waals surface area contributed by atoms with Crippen molar-refractivity contribution in [2.45, 2.75) is 45.0 Å². The van der Waals surface area contributed by atoms with Crippen LogP contribution in [0.15, 0.2) is 29.4 Å². The minimum absolute atomic E-state index is 0.113. The number of quaternary nitrogens is 1. The Morgan fingerprint density at radius 1 is 1.30 bits per heavy atom. The van der Waals surface area contributed by atoms with Crippen LogP contribution in [-0.4, -0.2) is 15.2 Å². The second-order valence-electron chi connectivity index (χ2n) is 7.72. The Hall–Kier alpha value is -1.08. The second-order valence-corrected chi connectivity index (χ2v) is 8.97. The zero-order chi connectivity index (χ0) is 16.5. The summed E-state index contributed by atoms with van der Waals surface area (Å²) >= 11 is 1.73. The zero-order valence-corrected chi connectivity index (χ0v) is 14.4. The normalized spacial score (nSPS) is 38.7. The zero-order valence-electron chi connectivity index (χ0n) is 13.6. The van der Waals surface area contributed by atoms with Crippen LogP contribution in [0.3, 0.4) is 0 Å². The Kier molecular flexibility index (Phi) is 3.17. The van der Waals surface area contributed by atoms with E-state index in [-0.39, 0.29) is 15.8 Å². The first kappa shape index (κ1) is 15.4. The number of nitrogens with zero attached hydrogens (tertiary/aromatic N) is 1. The van der Waals surface area contributed by atoms with Crippen LogP contribution >= 0.6 is 11.8 Å². The predicted octanol–water partition coefficient (Wildman–Crippen LogP) is 3.06. The standard InChI is InChI=1S/C17H22N2O3S/c1-15(2)12-8-9-16(15,3)17(10-12)22-18-14(23-17)11-4-6-13(7-5-11)19(20)21/h4-7,12,19-20H,8-10H2,1-3H3/t12-,16-,17-/m1/s1. The molecule has 0 radical (unpaired) electrons. The molecule has 0 amide bonds. The highest BCUT2D eigenvalue weighted by atomic mass is 32.2. The summed E-state index contributed by atoms with van der Waals surface area (Å²) in [5, 5.41) is 24.3. The Labute approximate surface area is 140 Å². The number of nitrogens with one attached hydrogen (secondary N) is 1. The molecule has 4 atom stereocenters. The molecule has 2 N–H and O–H groups in total. The largest absolute Gasteiger partial charge is 0.595 e. The summed E-state index contributed by atoms with van der Waals surface area (Å²) in [6, 6.07) is 6.88. The fraction of sp³-hybridized carbons (Fsp3) is 0.588. The second kappa shape index (κ2) is 4.72.